The van der Waals surface area contributed by atoms with Crippen LogP contribution in [0.3, 0.4) is 0 Å². The topological polar surface area (TPSA) is 15.7 Å². The quantitative estimate of drug-likeness (QED) is 0.183. The lowest BCUT2D eigenvalue weighted by atomic mass is 9.98. The Morgan fingerprint density at radius 2 is 1.47 bits per heavy atom. The molecule has 0 bridgehead atoms. The van der Waals surface area contributed by atoms with E-state index in [0.717, 1.165) is 18.6 Å². The molecule has 0 N–H and O–H groups in total. The van der Waals surface area contributed by atoms with E-state index in [2.05, 4.69) is 110 Å². The highest BCUT2D eigenvalue weighted by atomic mass is 32.1. The van der Waals surface area contributed by atoms with Crippen LogP contribution in [-0.4, -0.2) is 48.2 Å². The van der Waals surface area contributed by atoms with E-state index in [4.69, 9.17) is 4.74 Å². The van der Waals surface area contributed by atoms with Gasteiger partial charge in [-0.05, 0) is 112 Å². The number of rotatable bonds is 11. The second-order valence-corrected chi connectivity index (χ2v) is 12.2. The standard InChI is InChI=1S/C34H42N2OS/c1-25(2)36(26(3)4)24-37-30-17-13-28(14-18-30)23-32-31-9-5-6-10-33(31)38-34(32)29-15-11-27(12-16-29)19-22-35-20-7-8-21-35/h5-6,9-18,25-26H,7-8,19-24H2,1-4H3. The minimum absolute atomic E-state index is 0.457. The molecule has 0 unspecified atom stereocenters. The lowest BCUT2D eigenvalue weighted by Gasteiger charge is -2.30. The first-order valence-corrected chi connectivity index (χ1v) is 15.1. The fourth-order valence-electron chi connectivity index (χ4n) is 5.57. The molecular formula is C34H42N2OS. The Labute approximate surface area is 233 Å². The summed E-state index contributed by atoms with van der Waals surface area (Å²) in [5, 5.41) is 1.37. The van der Waals surface area contributed by atoms with Gasteiger partial charge in [0.2, 0.25) is 0 Å². The smallest absolute Gasteiger partial charge is 0.142 e. The fourth-order valence-corrected chi connectivity index (χ4v) is 6.80. The first kappa shape index (κ1) is 26.9. The molecule has 1 saturated heterocycles. The van der Waals surface area contributed by atoms with Crippen molar-refractivity contribution < 1.29 is 4.74 Å². The molecule has 5 rings (SSSR count). The van der Waals surface area contributed by atoms with Crippen molar-refractivity contribution >= 4 is 21.4 Å². The van der Waals surface area contributed by atoms with Gasteiger partial charge in [-0.1, -0.05) is 54.6 Å². The summed E-state index contributed by atoms with van der Waals surface area (Å²) in [6, 6.07) is 27.8. The van der Waals surface area contributed by atoms with Gasteiger partial charge in [-0.2, -0.15) is 0 Å². The average molecular weight is 527 g/mol. The number of fused-ring (bicyclic) bond motifs is 1. The van der Waals surface area contributed by atoms with Crippen molar-refractivity contribution in [3.63, 3.8) is 0 Å². The van der Waals surface area contributed by atoms with Crippen LogP contribution in [0.15, 0.2) is 72.8 Å². The maximum absolute atomic E-state index is 6.13. The summed E-state index contributed by atoms with van der Waals surface area (Å²) < 4.78 is 7.49. The summed E-state index contributed by atoms with van der Waals surface area (Å²) in [7, 11) is 0. The molecule has 0 amide bonds. The number of hydrogen-bond acceptors (Lipinski definition) is 4. The van der Waals surface area contributed by atoms with E-state index in [1.165, 1.54) is 69.7 Å². The molecule has 3 aromatic carbocycles. The first-order valence-electron chi connectivity index (χ1n) is 14.3. The summed E-state index contributed by atoms with van der Waals surface area (Å²) in [4.78, 5) is 6.34. The predicted octanol–water partition coefficient (Wildman–Crippen LogP) is 8.25. The van der Waals surface area contributed by atoms with E-state index in [9.17, 15) is 0 Å². The van der Waals surface area contributed by atoms with Gasteiger partial charge in [-0.3, -0.25) is 4.90 Å². The first-order chi connectivity index (χ1) is 18.5. The zero-order valence-corrected chi connectivity index (χ0v) is 24.3. The van der Waals surface area contributed by atoms with Gasteiger partial charge in [0, 0.05) is 28.2 Å². The Bertz CT molecular complexity index is 1290. The Hall–Kier alpha value is -2.66. The van der Waals surface area contributed by atoms with Gasteiger partial charge in [0.15, 0.2) is 0 Å². The molecule has 4 aromatic rings. The predicted molar refractivity (Wildman–Crippen MR) is 163 cm³/mol. The van der Waals surface area contributed by atoms with Crippen molar-refractivity contribution in [1.29, 1.82) is 0 Å². The Morgan fingerprint density at radius 3 is 2.16 bits per heavy atom. The highest BCUT2D eigenvalue weighted by Crippen LogP contribution is 2.40. The van der Waals surface area contributed by atoms with Crippen LogP contribution in [0.1, 0.15) is 57.2 Å². The number of benzene rings is 3. The van der Waals surface area contributed by atoms with Crippen LogP contribution < -0.4 is 4.74 Å². The van der Waals surface area contributed by atoms with E-state index >= 15 is 0 Å². The van der Waals surface area contributed by atoms with Gasteiger partial charge in [-0.25, -0.2) is 0 Å². The molecular weight excluding hydrogens is 484 g/mol. The normalized spacial score (nSPS) is 14.4. The van der Waals surface area contributed by atoms with Gasteiger partial charge in [-0.15, -0.1) is 11.3 Å². The lowest BCUT2D eigenvalue weighted by molar-refractivity contribution is 0.0690. The number of thiophene rings is 1. The molecule has 4 heteroatoms. The summed E-state index contributed by atoms with van der Waals surface area (Å²) in [5.41, 5.74) is 5.50. The number of hydrogen-bond donors (Lipinski definition) is 0. The molecule has 0 atom stereocenters. The molecule has 3 nitrogen and oxygen atoms in total. The number of likely N-dealkylation sites (tertiary alicyclic amines) is 1. The van der Waals surface area contributed by atoms with Crippen molar-refractivity contribution in [3.05, 3.63) is 89.5 Å². The fraction of sp³-hybridized carbons (Fsp3) is 0.412. The highest BCUT2D eigenvalue weighted by Gasteiger charge is 2.16. The minimum atomic E-state index is 0.457. The van der Waals surface area contributed by atoms with Crippen LogP contribution in [0.2, 0.25) is 0 Å². The second-order valence-electron chi connectivity index (χ2n) is 11.2. The number of nitrogens with zero attached hydrogens (tertiary/aromatic N) is 2. The molecule has 1 fully saturated rings. The maximum Gasteiger partial charge on any atom is 0.142 e. The van der Waals surface area contributed by atoms with E-state index < -0.39 is 0 Å². The van der Waals surface area contributed by atoms with Crippen molar-refractivity contribution in [2.24, 2.45) is 0 Å². The van der Waals surface area contributed by atoms with Gasteiger partial charge < -0.3 is 9.64 Å². The molecule has 1 aromatic heterocycles. The SMILES string of the molecule is CC(C)N(COc1ccc(Cc2c(-c3ccc(CCN4CCCC4)cc3)sc3ccccc23)cc1)C(C)C. The van der Waals surface area contributed by atoms with Crippen LogP contribution in [-0.2, 0) is 12.8 Å². The molecule has 38 heavy (non-hydrogen) atoms. The van der Waals surface area contributed by atoms with Gasteiger partial charge in [0.1, 0.15) is 12.5 Å². The Balaban J connectivity index is 1.32. The third kappa shape index (κ3) is 6.48. The minimum Gasteiger partial charge on any atom is -0.478 e. The third-order valence-corrected chi connectivity index (χ3v) is 9.10. The molecule has 0 aliphatic carbocycles. The molecule has 200 valence electrons. The van der Waals surface area contributed by atoms with Crippen molar-refractivity contribution in [2.75, 3.05) is 26.4 Å². The monoisotopic (exact) mass is 526 g/mol. The largest absolute Gasteiger partial charge is 0.478 e. The van der Waals surface area contributed by atoms with E-state index in [0.29, 0.717) is 18.8 Å². The van der Waals surface area contributed by atoms with E-state index in [1.54, 1.807) is 0 Å². The lowest BCUT2D eigenvalue weighted by Crippen LogP contribution is -2.39. The van der Waals surface area contributed by atoms with Crippen LogP contribution in [0, 0.1) is 0 Å². The summed E-state index contributed by atoms with van der Waals surface area (Å²) >= 11 is 1.92. The zero-order valence-electron chi connectivity index (χ0n) is 23.5. The van der Waals surface area contributed by atoms with E-state index in [-0.39, 0.29) is 0 Å². The summed E-state index contributed by atoms with van der Waals surface area (Å²) in [5.74, 6) is 0.931. The van der Waals surface area contributed by atoms with Crippen molar-refractivity contribution in [3.8, 4) is 16.2 Å². The second kappa shape index (κ2) is 12.5. The molecule has 0 radical (unpaired) electrons. The van der Waals surface area contributed by atoms with Crippen LogP contribution in [0.25, 0.3) is 20.5 Å². The highest BCUT2D eigenvalue weighted by molar-refractivity contribution is 7.22. The molecule has 1 aliphatic rings. The average Bonchev–Trinajstić information content (AvgIpc) is 3.57. The summed E-state index contributed by atoms with van der Waals surface area (Å²) in [6.45, 7) is 13.2. The van der Waals surface area contributed by atoms with Crippen molar-refractivity contribution in [2.45, 2.75) is 65.5 Å². The molecule has 1 aliphatic heterocycles. The maximum atomic E-state index is 6.13. The molecule has 0 saturated carbocycles. The zero-order chi connectivity index (χ0) is 26.5. The van der Waals surface area contributed by atoms with Crippen molar-refractivity contribution in [1.82, 2.24) is 9.80 Å². The van der Waals surface area contributed by atoms with Crippen LogP contribution in [0.4, 0.5) is 0 Å². The molecule has 2 heterocycles. The van der Waals surface area contributed by atoms with Gasteiger partial charge in [0.25, 0.3) is 0 Å². The molecule has 0 spiro atoms. The Kier molecular flexibility index (Phi) is 8.83. The number of ether oxygens (including phenoxy) is 1. The Morgan fingerprint density at radius 1 is 0.816 bits per heavy atom. The summed E-state index contributed by atoms with van der Waals surface area (Å²) in [6.07, 6.45) is 4.77. The van der Waals surface area contributed by atoms with Crippen LogP contribution >= 0.6 is 11.3 Å². The van der Waals surface area contributed by atoms with Gasteiger partial charge >= 0.3 is 0 Å². The van der Waals surface area contributed by atoms with Gasteiger partial charge in [0.05, 0.1) is 0 Å². The third-order valence-electron chi connectivity index (χ3n) is 7.84. The van der Waals surface area contributed by atoms with E-state index in [1.807, 2.05) is 11.3 Å². The van der Waals surface area contributed by atoms with Crippen LogP contribution in [0.5, 0.6) is 5.75 Å².